The van der Waals surface area contributed by atoms with Crippen LogP contribution < -0.4 is 10.6 Å². The van der Waals surface area contributed by atoms with Crippen molar-refractivity contribution in [1.29, 1.82) is 0 Å². The first kappa shape index (κ1) is 12.0. The number of amides is 1. The fraction of sp³-hybridized carbons (Fsp3) is 0.500. The number of benzene rings is 1. The van der Waals surface area contributed by atoms with Crippen molar-refractivity contribution in [2.75, 3.05) is 17.2 Å². The molecule has 0 bridgehead atoms. The molecule has 1 aliphatic heterocycles. The quantitative estimate of drug-likeness (QED) is 0.756. The van der Waals surface area contributed by atoms with Crippen LogP contribution in [0.3, 0.4) is 0 Å². The molecular weight excluding hydrogens is 212 g/mol. The van der Waals surface area contributed by atoms with Gasteiger partial charge in [0, 0.05) is 24.3 Å². The number of carbonyl (C=O) groups is 1. The van der Waals surface area contributed by atoms with Gasteiger partial charge < -0.3 is 10.6 Å². The van der Waals surface area contributed by atoms with Gasteiger partial charge in [0.1, 0.15) is 0 Å². The number of anilines is 2. The lowest BCUT2D eigenvalue weighted by atomic mass is 9.91. The molecule has 0 unspecified atom stereocenters. The maximum Gasteiger partial charge on any atom is 0.227 e. The Balaban J connectivity index is 2.22. The van der Waals surface area contributed by atoms with E-state index >= 15 is 0 Å². The Kier molecular flexibility index (Phi) is 2.86. The van der Waals surface area contributed by atoms with Crippen LogP contribution in [0, 0.1) is 5.41 Å². The number of nitrogens with two attached hydrogens (primary N) is 1. The summed E-state index contributed by atoms with van der Waals surface area (Å²) in [5, 5.41) is 0. The summed E-state index contributed by atoms with van der Waals surface area (Å²) in [7, 11) is 0. The van der Waals surface area contributed by atoms with Crippen LogP contribution in [0.25, 0.3) is 0 Å². The van der Waals surface area contributed by atoms with Gasteiger partial charge in [0.2, 0.25) is 5.91 Å². The fourth-order valence-electron chi connectivity index (χ4n) is 2.20. The van der Waals surface area contributed by atoms with Crippen LogP contribution in [0.15, 0.2) is 18.2 Å². The van der Waals surface area contributed by atoms with E-state index in [1.54, 1.807) is 0 Å². The molecule has 2 rings (SSSR count). The minimum Gasteiger partial charge on any atom is -0.399 e. The Morgan fingerprint density at radius 1 is 1.41 bits per heavy atom. The summed E-state index contributed by atoms with van der Waals surface area (Å²) >= 11 is 0. The molecule has 0 saturated heterocycles. The second-order valence-corrected chi connectivity index (χ2v) is 5.92. The van der Waals surface area contributed by atoms with E-state index in [1.807, 2.05) is 23.1 Å². The van der Waals surface area contributed by atoms with E-state index in [2.05, 4.69) is 20.8 Å². The van der Waals surface area contributed by atoms with Crippen molar-refractivity contribution in [1.82, 2.24) is 0 Å². The van der Waals surface area contributed by atoms with Gasteiger partial charge in [0.15, 0.2) is 0 Å². The van der Waals surface area contributed by atoms with Gasteiger partial charge in [-0.25, -0.2) is 0 Å². The summed E-state index contributed by atoms with van der Waals surface area (Å²) < 4.78 is 0. The highest BCUT2D eigenvalue weighted by atomic mass is 16.2. The number of nitrogen functional groups attached to an aromatic ring is 1. The first-order valence-corrected chi connectivity index (χ1v) is 6.05. The molecule has 1 aromatic carbocycles. The molecule has 0 spiro atoms. The molecular formula is C14H20N2O. The van der Waals surface area contributed by atoms with E-state index in [0.717, 1.165) is 24.3 Å². The third-order valence-corrected chi connectivity index (χ3v) is 2.99. The summed E-state index contributed by atoms with van der Waals surface area (Å²) in [5.41, 5.74) is 8.75. The lowest BCUT2D eigenvalue weighted by Crippen LogP contribution is -2.32. The highest BCUT2D eigenvalue weighted by molar-refractivity contribution is 5.96. The molecule has 0 atom stereocenters. The van der Waals surface area contributed by atoms with Gasteiger partial charge in [0.25, 0.3) is 0 Å². The molecule has 0 aromatic heterocycles. The molecule has 1 aromatic rings. The smallest absolute Gasteiger partial charge is 0.227 e. The summed E-state index contributed by atoms with van der Waals surface area (Å²) in [6.07, 6.45) is 1.51. The van der Waals surface area contributed by atoms with Crippen molar-refractivity contribution in [3.05, 3.63) is 23.8 Å². The van der Waals surface area contributed by atoms with Crippen molar-refractivity contribution in [3.8, 4) is 0 Å². The van der Waals surface area contributed by atoms with Gasteiger partial charge in [-0.15, -0.1) is 0 Å². The predicted molar refractivity (Wildman–Crippen MR) is 71.0 cm³/mol. The van der Waals surface area contributed by atoms with Crippen LogP contribution in [0.5, 0.6) is 0 Å². The minimum absolute atomic E-state index is 0.0279. The van der Waals surface area contributed by atoms with Crippen LogP contribution >= 0.6 is 0 Å². The second-order valence-electron chi connectivity index (χ2n) is 5.92. The SMILES string of the molecule is CC(C)(C)CC(=O)N1CCc2ccc(N)cc21. The number of hydrogen-bond donors (Lipinski definition) is 1. The maximum absolute atomic E-state index is 12.2. The topological polar surface area (TPSA) is 46.3 Å². The molecule has 0 aliphatic carbocycles. The van der Waals surface area contributed by atoms with E-state index in [-0.39, 0.29) is 11.3 Å². The highest BCUT2D eigenvalue weighted by Crippen LogP contribution is 2.32. The van der Waals surface area contributed by atoms with Crippen LogP contribution in [0.2, 0.25) is 0 Å². The van der Waals surface area contributed by atoms with Gasteiger partial charge in [-0.1, -0.05) is 26.8 Å². The second kappa shape index (κ2) is 4.06. The molecule has 0 radical (unpaired) electrons. The van der Waals surface area contributed by atoms with Crippen molar-refractivity contribution in [3.63, 3.8) is 0 Å². The standard InChI is InChI=1S/C14H20N2O/c1-14(2,3)9-13(17)16-7-6-10-4-5-11(15)8-12(10)16/h4-5,8H,6-7,9,15H2,1-3H3. The largest absolute Gasteiger partial charge is 0.399 e. The monoisotopic (exact) mass is 232 g/mol. The van der Waals surface area contributed by atoms with Crippen molar-refractivity contribution in [2.45, 2.75) is 33.6 Å². The van der Waals surface area contributed by atoms with Crippen molar-refractivity contribution < 1.29 is 4.79 Å². The van der Waals surface area contributed by atoms with E-state index < -0.39 is 0 Å². The summed E-state index contributed by atoms with van der Waals surface area (Å²) in [6.45, 7) is 7.04. The van der Waals surface area contributed by atoms with Crippen molar-refractivity contribution in [2.24, 2.45) is 5.41 Å². The van der Waals surface area contributed by atoms with Crippen LogP contribution in [-0.4, -0.2) is 12.5 Å². The Bertz CT molecular complexity index is 446. The average molecular weight is 232 g/mol. The normalized spacial score (nSPS) is 14.9. The molecule has 0 fully saturated rings. The maximum atomic E-state index is 12.2. The summed E-state index contributed by atoms with van der Waals surface area (Å²) in [6, 6.07) is 5.83. The summed E-state index contributed by atoms with van der Waals surface area (Å²) in [4.78, 5) is 14.1. The Labute approximate surface area is 103 Å². The number of nitrogens with zero attached hydrogens (tertiary/aromatic N) is 1. The van der Waals surface area contributed by atoms with Gasteiger partial charge in [-0.05, 0) is 29.5 Å². The minimum atomic E-state index is 0.0279. The Morgan fingerprint density at radius 2 is 2.12 bits per heavy atom. The number of carbonyl (C=O) groups excluding carboxylic acids is 1. The van der Waals surface area contributed by atoms with Gasteiger partial charge in [-0.3, -0.25) is 4.79 Å². The Morgan fingerprint density at radius 3 is 2.76 bits per heavy atom. The van der Waals surface area contributed by atoms with Crippen LogP contribution in [0.1, 0.15) is 32.8 Å². The van der Waals surface area contributed by atoms with E-state index in [9.17, 15) is 4.79 Å². The van der Waals surface area contributed by atoms with E-state index in [4.69, 9.17) is 5.73 Å². The first-order valence-electron chi connectivity index (χ1n) is 6.05. The van der Waals surface area contributed by atoms with Gasteiger partial charge in [0.05, 0.1) is 0 Å². The number of fused-ring (bicyclic) bond motifs is 1. The Hall–Kier alpha value is -1.51. The fourth-order valence-corrected chi connectivity index (χ4v) is 2.20. The average Bonchev–Trinajstić information content (AvgIpc) is 2.57. The van der Waals surface area contributed by atoms with Crippen molar-refractivity contribution >= 4 is 17.3 Å². The zero-order chi connectivity index (χ0) is 12.6. The van der Waals surface area contributed by atoms with E-state index in [1.165, 1.54) is 5.56 Å². The number of hydrogen-bond acceptors (Lipinski definition) is 2. The zero-order valence-corrected chi connectivity index (χ0v) is 10.8. The molecule has 2 N–H and O–H groups in total. The molecule has 1 amide bonds. The lowest BCUT2D eigenvalue weighted by molar-refractivity contribution is -0.120. The zero-order valence-electron chi connectivity index (χ0n) is 10.8. The highest BCUT2D eigenvalue weighted by Gasteiger charge is 2.27. The van der Waals surface area contributed by atoms with E-state index in [0.29, 0.717) is 6.42 Å². The summed E-state index contributed by atoms with van der Waals surface area (Å²) in [5.74, 6) is 0.196. The molecule has 0 saturated carbocycles. The van der Waals surface area contributed by atoms with Gasteiger partial charge in [-0.2, -0.15) is 0 Å². The molecule has 17 heavy (non-hydrogen) atoms. The third-order valence-electron chi connectivity index (χ3n) is 2.99. The molecule has 3 heteroatoms. The number of rotatable bonds is 1. The van der Waals surface area contributed by atoms with Crippen LogP contribution in [0.4, 0.5) is 11.4 Å². The lowest BCUT2D eigenvalue weighted by Gasteiger charge is -2.23. The van der Waals surface area contributed by atoms with Crippen LogP contribution in [-0.2, 0) is 11.2 Å². The molecule has 1 heterocycles. The molecule has 1 aliphatic rings. The molecule has 3 nitrogen and oxygen atoms in total. The first-order chi connectivity index (χ1) is 7.87. The molecule has 92 valence electrons. The van der Waals surface area contributed by atoms with Gasteiger partial charge >= 0.3 is 0 Å². The predicted octanol–water partition coefficient (Wildman–Crippen LogP) is 2.59. The third kappa shape index (κ3) is 2.60.